The Morgan fingerprint density at radius 1 is 1.18 bits per heavy atom. The topological polar surface area (TPSA) is 85.6 Å². The average Bonchev–Trinajstić information content (AvgIpc) is 2.51. The number of nitrogens with two attached hydrogens (primary N) is 1. The van der Waals surface area contributed by atoms with E-state index in [0.717, 1.165) is 12.1 Å². The third-order valence-corrected chi connectivity index (χ3v) is 3.04. The van der Waals surface area contributed by atoms with Crippen molar-refractivity contribution < 1.29 is 14.3 Å². The van der Waals surface area contributed by atoms with E-state index in [0.29, 0.717) is 31.0 Å². The van der Waals surface area contributed by atoms with Crippen LogP contribution in [0.2, 0.25) is 0 Å². The number of amides is 1. The summed E-state index contributed by atoms with van der Waals surface area (Å²) in [5, 5.41) is 6.01. The minimum Gasteiger partial charge on any atom is -0.497 e. The Hall–Kier alpha value is -1.66. The first kappa shape index (κ1) is 20.3. The highest BCUT2D eigenvalue weighted by molar-refractivity contribution is 5.85. The molecule has 4 N–H and O–H groups in total. The molecule has 1 aromatic rings. The molecular weight excluding hydrogens is 306 g/mol. The molecule has 6 nitrogen and oxygen atoms in total. The first-order chi connectivity index (χ1) is 10.1. The zero-order valence-electron chi connectivity index (χ0n) is 13.3. The molecule has 0 bridgehead atoms. The molecule has 1 atom stereocenters. The molecule has 0 saturated carbocycles. The number of nitrogens with one attached hydrogen (secondary N) is 2. The van der Waals surface area contributed by atoms with Gasteiger partial charge in [-0.05, 0) is 6.42 Å². The van der Waals surface area contributed by atoms with Crippen molar-refractivity contribution in [3.05, 3.63) is 18.2 Å². The summed E-state index contributed by atoms with van der Waals surface area (Å²) in [7, 11) is 3.21. The summed E-state index contributed by atoms with van der Waals surface area (Å²) < 4.78 is 10.4. The number of hydrogen-bond donors (Lipinski definition) is 3. The third kappa shape index (κ3) is 6.87. The minimum absolute atomic E-state index is 0. The summed E-state index contributed by atoms with van der Waals surface area (Å²) >= 11 is 0. The predicted molar refractivity (Wildman–Crippen MR) is 91.2 cm³/mol. The number of benzene rings is 1. The van der Waals surface area contributed by atoms with E-state index in [1.165, 1.54) is 0 Å². The molecule has 0 fully saturated rings. The molecule has 0 aliphatic carbocycles. The molecule has 0 aliphatic heterocycles. The van der Waals surface area contributed by atoms with Gasteiger partial charge < -0.3 is 25.8 Å². The van der Waals surface area contributed by atoms with Crippen molar-refractivity contribution in [1.82, 2.24) is 5.32 Å². The van der Waals surface area contributed by atoms with E-state index in [1.54, 1.807) is 20.3 Å². The SMILES string of the molecule is CCCC(N)C(=O)NCCNc1cc(OC)cc(OC)c1.Cl. The molecule has 1 amide bonds. The van der Waals surface area contributed by atoms with Crippen molar-refractivity contribution in [2.45, 2.75) is 25.8 Å². The van der Waals surface area contributed by atoms with Crippen molar-refractivity contribution in [3.63, 3.8) is 0 Å². The number of anilines is 1. The summed E-state index contributed by atoms with van der Waals surface area (Å²) in [5.74, 6) is 1.32. The van der Waals surface area contributed by atoms with E-state index in [-0.39, 0.29) is 18.3 Å². The lowest BCUT2D eigenvalue weighted by atomic mass is 10.2. The Kier molecular flexibility index (Phi) is 10.2. The number of carbonyl (C=O) groups excluding carboxylic acids is 1. The Balaban J connectivity index is 0.00000441. The van der Waals surface area contributed by atoms with E-state index in [9.17, 15) is 4.79 Å². The maximum Gasteiger partial charge on any atom is 0.236 e. The number of hydrogen-bond acceptors (Lipinski definition) is 5. The van der Waals surface area contributed by atoms with Gasteiger partial charge in [0, 0.05) is 37.0 Å². The lowest BCUT2D eigenvalue weighted by molar-refractivity contribution is -0.122. The zero-order chi connectivity index (χ0) is 15.7. The average molecular weight is 332 g/mol. The smallest absolute Gasteiger partial charge is 0.236 e. The van der Waals surface area contributed by atoms with Crippen LogP contribution in [0.25, 0.3) is 0 Å². The lowest BCUT2D eigenvalue weighted by Gasteiger charge is -2.13. The summed E-state index contributed by atoms with van der Waals surface area (Å²) in [6.45, 7) is 3.11. The van der Waals surface area contributed by atoms with Crippen LogP contribution in [0.3, 0.4) is 0 Å². The van der Waals surface area contributed by atoms with Crippen LogP contribution in [0, 0.1) is 0 Å². The number of rotatable bonds is 9. The lowest BCUT2D eigenvalue weighted by Crippen LogP contribution is -2.42. The first-order valence-corrected chi connectivity index (χ1v) is 7.11. The van der Waals surface area contributed by atoms with Gasteiger partial charge in [0.05, 0.1) is 20.3 Å². The minimum atomic E-state index is -0.424. The van der Waals surface area contributed by atoms with Crippen molar-refractivity contribution in [2.24, 2.45) is 5.73 Å². The van der Waals surface area contributed by atoms with E-state index in [1.807, 2.05) is 19.1 Å². The monoisotopic (exact) mass is 331 g/mol. The van der Waals surface area contributed by atoms with Crippen LogP contribution >= 0.6 is 12.4 Å². The van der Waals surface area contributed by atoms with Gasteiger partial charge in [-0.3, -0.25) is 4.79 Å². The normalized spacial score (nSPS) is 11.1. The molecule has 0 radical (unpaired) electrons. The fourth-order valence-corrected chi connectivity index (χ4v) is 1.88. The van der Waals surface area contributed by atoms with Crippen LogP contribution in [0.15, 0.2) is 18.2 Å². The standard InChI is InChI=1S/C15H25N3O3.ClH/c1-4-5-14(16)15(19)18-7-6-17-11-8-12(20-2)10-13(9-11)21-3;/h8-10,14,17H,4-7,16H2,1-3H3,(H,18,19);1H. The molecule has 0 aliphatic rings. The Morgan fingerprint density at radius 3 is 2.27 bits per heavy atom. The molecule has 1 aromatic carbocycles. The van der Waals surface area contributed by atoms with Crippen LogP contribution in [0.1, 0.15) is 19.8 Å². The number of methoxy groups -OCH3 is 2. The molecule has 1 unspecified atom stereocenters. The molecule has 0 aromatic heterocycles. The van der Waals surface area contributed by atoms with Crippen LogP contribution in [-0.4, -0.2) is 39.3 Å². The Morgan fingerprint density at radius 2 is 1.77 bits per heavy atom. The number of ether oxygens (including phenoxy) is 2. The van der Waals surface area contributed by atoms with Gasteiger partial charge >= 0.3 is 0 Å². The molecule has 0 spiro atoms. The van der Waals surface area contributed by atoms with Crippen LogP contribution < -0.4 is 25.8 Å². The van der Waals surface area contributed by atoms with E-state index in [4.69, 9.17) is 15.2 Å². The fourth-order valence-electron chi connectivity index (χ4n) is 1.88. The largest absolute Gasteiger partial charge is 0.497 e. The second-order valence-corrected chi connectivity index (χ2v) is 4.71. The van der Waals surface area contributed by atoms with Crippen molar-refractivity contribution in [3.8, 4) is 11.5 Å². The maximum atomic E-state index is 11.6. The highest BCUT2D eigenvalue weighted by atomic mass is 35.5. The van der Waals surface area contributed by atoms with Crippen LogP contribution in [0.4, 0.5) is 5.69 Å². The van der Waals surface area contributed by atoms with Gasteiger partial charge in [0.2, 0.25) is 5.91 Å². The highest BCUT2D eigenvalue weighted by Crippen LogP contribution is 2.25. The Bertz CT molecular complexity index is 435. The molecular formula is C15H26ClN3O3. The van der Waals surface area contributed by atoms with Crippen LogP contribution in [0.5, 0.6) is 11.5 Å². The van der Waals surface area contributed by atoms with Gasteiger partial charge in [-0.15, -0.1) is 12.4 Å². The van der Waals surface area contributed by atoms with Crippen LogP contribution in [-0.2, 0) is 4.79 Å². The van der Waals surface area contributed by atoms with Gasteiger partial charge in [0.25, 0.3) is 0 Å². The molecule has 7 heteroatoms. The molecule has 0 saturated heterocycles. The van der Waals surface area contributed by atoms with E-state index in [2.05, 4.69) is 10.6 Å². The highest BCUT2D eigenvalue weighted by Gasteiger charge is 2.10. The summed E-state index contributed by atoms with van der Waals surface area (Å²) in [5.41, 5.74) is 6.60. The second kappa shape index (κ2) is 11.0. The zero-order valence-corrected chi connectivity index (χ0v) is 14.2. The quantitative estimate of drug-likeness (QED) is 0.601. The maximum absolute atomic E-state index is 11.6. The van der Waals surface area contributed by atoms with Gasteiger partial charge in [0.15, 0.2) is 0 Å². The van der Waals surface area contributed by atoms with Crippen molar-refractivity contribution in [1.29, 1.82) is 0 Å². The molecule has 1 rings (SSSR count). The summed E-state index contributed by atoms with van der Waals surface area (Å²) in [4.78, 5) is 11.6. The van der Waals surface area contributed by atoms with Gasteiger partial charge in [-0.2, -0.15) is 0 Å². The Labute approximate surface area is 138 Å². The molecule has 0 heterocycles. The summed E-state index contributed by atoms with van der Waals surface area (Å²) in [6, 6.07) is 5.11. The second-order valence-electron chi connectivity index (χ2n) is 4.71. The van der Waals surface area contributed by atoms with Crippen molar-refractivity contribution >= 4 is 24.0 Å². The number of carbonyl (C=O) groups is 1. The van der Waals surface area contributed by atoms with Gasteiger partial charge in [0.1, 0.15) is 11.5 Å². The number of halogens is 1. The third-order valence-electron chi connectivity index (χ3n) is 3.04. The van der Waals surface area contributed by atoms with E-state index < -0.39 is 6.04 Å². The van der Waals surface area contributed by atoms with Crippen molar-refractivity contribution in [2.75, 3.05) is 32.6 Å². The van der Waals surface area contributed by atoms with E-state index >= 15 is 0 Å². The summed E-state index contributed by atoms with van der Waals surface area (Å²) in [6.07, 6.45) is 1.60. The fraction of sp³-hybridized carbons (Fsp3) is 0.533. The van der Waals surface area contributed by atoms with Gasteiger partial charge in [-0.25, -0.2) is 0 Å². The molecule has 22 heavy (non-hydrogen) atoms. The van der Waals surface area contributed by atoms with Gasteiger partial charge in [-0.1, -0.05) is 13.3 Å². The first-order valence-electron chi connectivity index (χ1n) is 7.11. The predicted octanol–water partition coefficient (Wildman–Crippen LogP) is 1.78. The molecule has 126 valence electrons.